The molecule has 0 spiro atoms. The van der Waals surface area contributed by atoms with E-state index in [0.717, 1.165) is 6.42 Å². The summed E-state index contributed by atoms with van der Waals surface area (Å²) < 4.78 is 0. The molecule has 0 N–H and O–H groups in total. The minimum absolute atomic E-state index is 0.631. The average Bonchev–Trinajstić information content (AvgIpc) is 1.83. The van der Waals surface area contributed by atoms with Crippen molar-refractivity contribution in [3.05, 3.63) is 24.8 Å². The minimum Gasteiger partial charge on any atom is -0.103 e. The lowest BCUT2D eigenvalue weighted by atomic mass is 10.1. The second kappa shape index (κ2) is 4.63. The van der Waals surface area contributed by atoms with Crippen LogP contribution in [0.15, 0.2) is 24.8 Å². The molecule has 0 radical (unpaired) electrons. The maximum absolute atomic E-state index is 3.68. The van der Waals surface area contributed by atoms with Crippen LogP contribution in [0.4, 0.5) is 0 Å². The molecule has 0 aliphatic heterocycles. The fourth-order valence-electron chi connectivity index (χ4n) is 0.447. The largest absolute Gasteiger partial charge is 0.103 e. The van der Waals surface area contributed by atoms with Crippen LogP contribution < -0.4 is 0 Å². The van der Waals surface area contributed by atoms with Gasteiger partial charge in [-0.1, -0.05) is 25.2 Å². The Bertz CT molecular complexity index is 80.0. The summed E-state index contributed by atoms with van der Waals surface area (Å²) in [4.78, 5) is 0. The predicted molar refractivity (Wildman–Crippen MR) is 38.8 cm³/mol. The van der Waals surface area contributed by atoms with Gasteiger partial charge in [0.25, 0.3) is 0 Å². The summed E-state index contributed by atoms with van der Waals surface area (Å²) in [5.74, 6) is 0.631. The van der Waals surface area contributed by atoms with Crippen molar-refractivity contribution in [1.29, 1.82) is 0 Å². The highest BCUT2D eigenvalue weighted by Gasteiger charge is 1.87. The molecule has 46 valence electrons. The van der Waals surface area contributed by atoms with Gasteiger partial charge in [0.15, 0.2) is 0 Å². The monoisotopic (exact) mass is 110 g/mol. The van der Waals surface area contributed by atoms with Gasteiger partial charge in [-0.2, -0.15) is 0 Å². The summed E-state index contributed by atoms with van der Waals surface area (Å²) in [7, 11) is 0. The molecule has 0 saturated carbocycles. The maximum atomic E-state index is 3.68. The van der Waals surface area contributed by atoms with Crippen molar-refractivity contribution in [2.24, 2.45) is 5.92 Å². The summed E-state index contributed by atoms with van der Waals surface area (Å²) in [6.45, 7) is 7.88. The molecule has 8 heavy (non-hydrogen) atoms. The van der Waals surface area contributed by atoms with Crippen molar-refractivity contribution in [1.82, 2.24) is 0 Å². The van der Waals surface area contributed by atoms with Crippen LogP contribution >= 0.6 is 0 Å². The second-order valence-electron chi connectivity index (χ2n) is 2.02. The smallest absolute Gasteiger partial charge is 0.0230 e. The first-order valence-electron chi connectivity index (χ1n) is 3.05. The van der Waals surface area contributed by atoms with E-state index in [0.29, 0.717) is 5.92 Å². The standard InChI is InChI=1S/C8H14/c1-4-6-7-8(3)5-2/h4-6,8H,2,7H2,1,3H3/b6-4-/t8-/m0/s1. The highest BCUT2D eigenvalue weighted by Crippen LogP contribution is 2.01. The Morgan fingerprint density at radius 1 is 1.62 bits per heavy atom. The van der Waals surface area contributed by atoms with Gasteiger partial charge in [0, 0.05) is 0 Å². The average molecular weight is 110 g/mol. The van der Waals surface area contributed by atoms with E-state index in [1.807, 2.05) is 13.0 Å². The molecule has 0 aromatic carbocycles. The van der Waals surface area contributed by atoms with Crippen LogP contribution in [0.5, 0.6) is 0 Å². The van der Waals surface area contributed by atoms with Gasteiger partial charge in [-0.25, -0.2) is 0 Å². The fourth-order valence-corrected chi connectivity index (χ4v) is 0.447. The van der Waals surface area contributed by atoms with Crippen molar-refractivity contribution in [2.45, 2.75) is 20.3 Å². The zero-order chi connectivity index (χ0) is 6.41. The van der Waals surface area contributed by atoms with Gasteiger partial charge < -0.3 is 0 Å². The summed E-state index contributed by atoms with van der Waals surface area (Å²) in [6.07, 6.45) is 7.33. The molecule has 0 aliphatic rings. The molecular weight excluding hydrogens is 96.1 g/mol. The fraction of sp³-hybridized carbons (Fsp3) is 0.500. The van der Waals surface area contributed by atoms with Crippen LogP contribution in [0, 0.1) is 5.92 Å². The number of hydrogen-bond acceptors (Lipinski definition) is 0. The molecule has 0 aromatic rings. The zero-order valence-electron chi connectivity index (χ0n) is 5.72. The molecular formula is C8H14. The highest BCUT2D eigenvalue weighted by atomic mass is 13.9. The summed E-state index contributed by atoms with van der Waals surface area (Å²) in [5.41, 5.74) is 0. The van der Waals surface area contributed by atoms with Gasteiger partial charge in [-0.15, -0.1) is 6.58 Å². The lowest BCUT2D eigenvalue weighted by Gasteiger charge is -1.96. The summed E-state index contributed by atoms with van der Waals surface area (Å²) in [5, 5.41) is 0. The Morgan fingerprint density at radius 3 is 2.62 bits per heavy atom. The first kappa shape index (κ1) is 7.48. The van der Waals surface area contributed by atoms with E-state index >= 15 is 0 Å². The van der Waals surface area contributed by atoms with E-state index < -0.39 is 0 Å². The van der Waals surface area contributed by atoms with Gasteiger partial charge >= 0.3 is 0 Å². The van der Waals surface area contributed by atoms with E-state index in [1.165, 1.54) is 0 Å². The molecule has 0 rings (SSSR count). The third-order valence-electron chi connectivity index (χ3n) is 1.15. The van der Waals surface area contributed by atoms with Gasteiger partial charge in [-0.3, -0.25) is 0 Å². The molecule has 0 heterocycles. The van der Waals surface area contributed by atoms with E-state index in [2.05, 4.69) is 25.7 Å². The highest BCUT2D eigenvalue weighted by molar-refractivity contribution is 4.85. The second-order valence-corrected chi connectivity index (χ2v) is 2.02. The van der Waals surface area contributed by atoms with Crippen LogP contribution in [-0.4, -0.2) is 0 Å². The first-order chi connectivity index (χ1) is 3.81. The van der Waals surface area contributed by atoms with Gasteiger partial charge in [0.1, 0.15) is 0 Å². The molecule has 0 aliphatic carbocycles. The molecule has 0 saturated heterocycles. The van der Waals surface area contributed by atoms with E-state index in [9.17, 15) is 0 Å². The predicted octanol–water partition coefficient (Wildman–Crippen LogP) is 2.77. The van der Waals surface area contributed by atoms with Gasteiger partial charge in [-0.05, 0) is 19.3 Å². The third kappa shape index (κ3) is 3.66. The van der Waals surface area contributed by atoms with Crippen LogP contribution in [0.25, 0.3) is 0 Å². The van der Waals surface area contributed by atoms with Crippen LogP contribution in [0.2, 0.25) is 0 Å². The summed E-state index contributed by atoms with van der Waals surface area (Å²) >= 11 is 0. The van der Waals surface area contributed by atoms with E-state index in [-0.39, 0.29) is 0 Å². The van der Waals surface area contributed by atoms with Crippen molar-refractivity contribution in [3.63, 3.8) is 0 Å². The Hall–Kier alpha value is -0.520. The molecule has 0 unspecified atom stereocenters. The van der Waals surface area contributed by atoms with Crippen LogP contribution in [0.1, 0.15) is 20.3 Å². The van der Waals surface area contributed by atoms with Gasteiger partial charge in [0.2, 0.25) is 0 Å². The number of allylic oxidation sites excluding steroid dienone is 3. The van der Waals surface area contributed by atoms with E-state index in [4.69, 9.17) is 0 Å². The Morgan fingerprint density at radius 2 is 2.25 bits per heavy atom. The maximum Gasteiger partial charge on any atom is -0.0230 e. The first-order valence-corrected chi connectivity index (χ1v) is 3.05. The zero-order valence-corrected chi connectivity index (χ0v) is 5.72. The normalized spacial score (nSPS) is 14.2. The van der Waals surface area contributed by atoms with Crippen molar-refractivity contribution in [2.75, 3.05) is 0 Å². The summed E-state index contributed by atoms with van der Waals surface area (Å²) in [6, 6.07) is 0. The number of hydrogen-bond donors (Lipinski definition) is 0. The Kier molecular flexibility index (Phi) is 4.33. The van der Waals surface area contributed by atoms with Crippen molar-refractivity contribution in [3.8, 4) is 0 Å². The SMILES string of the molecule is C=C[C@H](C)C/C=C\C. The quantitative estimate of drug-likeness (QED) is 0.490. The van der Waals surface area contributed by atoms with Crippen LogP contribution in [-0.2, 0) is 0 Å². The van der Waals surface area contributed by atoms with E-state index in [1.54, 1.807) is 0 Å². The molecule has 0 heteroatoms. The molecule has 0 nitrogen and oxygen atoms in total. The molecule has 0 aromatic heterocycles. The van der Waals surface area contributed by atoms with Crippen LogP contribution in [0.3, 0.4) is 0 Å². The third-order valence-corrected chi connectivity index (χ3v) is 1.15. The van der Waals surface area contributed by atoms with Crippen molar-refractivity contribution >= 4 is 0 Å². The molecule has 0 amide bonds. The van der Waals surface area contributed by atoms with Gasteiger partial charge in [0.05, 0.1) is 0 Å². The lowest BCUT2D eigenvalue weighted by Crippen LogP contribution is -1.82. The Balaban J connectivity index is 3.23. The topological polar surface area (TPSA) is 0 Å². The molecule has 0 fully saturated rings. The molecule has 1 atom stereocenters. The Labute approximate surface area is 51.9 Å². The lowest BCUT2D eigenvalue weighted by molar-refractivity contribution is 0.746. The minimum atomic E-state index is 0.631. The number of rotatable bonds is 3. The van der Waals surface area contributed by atoms with Crippen molar-refractivity contribution < 1.29 is 0 Å². The molecule has 0 bridgehead atoms.